The lowest BCUT2D eigenvalue weighted by Gasteiger charge is -2.14. The van der Waals surface area contributed by atoms with Crippen LogP contribution in [0.3, 0.4) is 0 Å². The van der Waals surface area contributed by atoms with E-state index in [1.807, 2.05) is 19.1 Å². The van der Waals surface area contributed by atoms with Crippen LogP contribution in [0.2, 0.25) is 0 Å². The molecule has 0 bridgehead atoms. The summed E-state index contributed by atoms with van der Waals surface area (Å²) in [7, 11) is 0. The largest absolute Gasteiger partial charge is 0.271 e. The molecule has 18 heavy (non-hydrogen) atoms. The molecule has 0 aliphatic heterocycles. The summed E-state index contributed by atoms with van der Waals surface area (Å²) in [5.74, 6) is 3.86. The molecule has 3 N–H and O–H groups in total. The van der Waals surface area contributed by atoms with Gasteiger partial charge in [-0.15, -0.1) is 11.3 Å². The Morgan fingerprint density at radius 2 is 2.06 bits per heavy atom. The van der Waals surface area contributed by atoms with Gasteiger partial charge in [0.2, 0.25) is 0 Å². The third kappa shape index (κ3) is 2.75. The molecule has 0 radical (unpaired) electrons. The number of thiophene rings is 1. The van der Waals surface area contributed by atoms with Gasteiger partial charge in [-0.2, -0.15) is 0 Å². The van der Waals surface area contributed by atoms with Crippen molar-refractivity contribution in [2.75, 3.05) is 0 Å². The van der Waals surface area contributed by atoms with Crippen LogP contribution >= 0.6 is 11.3 Å². The van der Waals surface area contributed by atoms with Crippen LogP contribution in [0.1, 0.15) is 21.4 Å². The quantitative estimate of drug-likeness (QED) is 0.660. The predicted octanol–water partition coefficient (Wildman–Crippen LogP) is 3.08. The molecule has 1 unspecified atom stereocenters. The molecule has 2 aromatic rings. The van der Waals surface area contributed by atoms with Crippen molar-refractivity contribution >= 4 is 11.3 Å². The number of hydrogen-bond donors (Lipinski definition) is 2. The fraction of sp³-hybridized carbons (Fsp3) is 0.231. The fourth-order valence-corrected chi connectivity index (χ4v) is 2.75. The van der Waals surface area contributed by atoms with E-state index in [1.54, 1.807) is 17.4 Å². The zero-order valence-corrected chi connectivity index (χ0v) is 10.7. The smallest absolute Gasteiger partial charge is 0.162 e. The van der Waals surface area contributed by atoms with Gasteiger partial charge in [0.25, 0.3) is 0 Å². The van der Waals surface area contributed by atoms with E-state index in [1.165, 1.54) is 6.07 Å². The molecule has 5 heteroatoms. The minimum Gasteiger partial charge on any atom is -0.271 e. The second-order valence-electron chi connectivity index (χ2n) is 4.08. The number of nitrogens with one attached hydrogen (secondary N) is 1. The summed E-state index contributed by atoms with van der Waals surface area (Å²) in [4.78, 5) is 2.17. The standard InChI is InChI=1S/C13H14F2N2S/c1-8-5-6-12(18-8)11(17-16)7-9-3-2-4-10(14)13(9)15/h2-6,11,17H,7,16H2,1H3. The van der Waals surface area contributed by atoms with Crippen LogP contribution in [0.25, 0.3) is 0 Å². The number of rotatable bonds is 4. The van der Waals surface area contributed by atoms with Crippen molar-refractivity contribution in [1.82, 2.24) is 5.43 Å². The van der Waals surface area contributed by atoms with Gasteiger partial charge in [-0.1, -0.05) is 12.1 Å². The van der Waals surface area contributed by atoms with Crippen LogP contribution in [-0.4, -0.2) is 0 Å². The average Bonchev–Trinajstić information content (AvgIpc) is 2.78. The maximum absolute atomic E-state index is 13.6. The van der Waals surface area contributed by atoms with E-state index in [0.29, 0.717) is 12.0 Å². The van der Waals surface area contributed by atoms with Gasteiger partial charge in [0.15, 0.2) is 11.6 Å². The lowest BCUT2D eigenvalue weighted by molar-refractivity contribution is 0.483. The molecule has 1 heterocycles. The molecule has 0 aliphatic carbocycles. The van der Waals surface area contributed by atoms with Crippen LogP contribution in [-0.2, 0) is 6.42 Å². The van der Waals surface area contributed by atoms with E-state index < -0.39 is 11.6 Å². The highest BCUT2D eigenvalue weighted by Gasteiger charge is 2.16. The zero-order valence-electron chi connectivity index (χ0n) is 9.91. The first kappa shape index (κ1) is 13.1. The highest BCUT2D eigenvalue weighted by molar-refractivity contribution is 7.12. The Hall–Kier alpha value is -1.30. The summed E-state index contributed by atoms with van der Waals surface area (Å²) in [6.45, 7) is 1.99. The van der Waals surface area contributed by atoms with Crippen molar-refractivity contribution in [3.05, 3.63) is 57.3 Å². The average molecular weight is 268 g/mol. The van der Waals surface area contributed by atoms with Gasteiger partial charge in [0.1, 0.15) is 0 Å². The number of benzene rings is 1. The Balaban J connectivity index is 2.23. The minimum absolute atomic E-state index is 0.208. The fourth-order valence-electron chi connectivity index (χ4n) is 1.81. The second-order valence-corrected chi connectivity index (χ2v) is 5.40. The summed E-state index contributed by atoms with van der Waals surface area (Å²) in [5.41, 5.74) is 2.97. The Kier molecular flexibility index (Phi) is 4.06. The topological polar surface area (TPSA) is 38.0 Å². The number of hydrazine groups is 1. The number of nitrogens with two attached hydrogens (primary N) is 1. The third-order valence-corrected chi connectivity index (χ3v) is 3.88. The molecule has 0 fully saturated rings. The first-order valence-electron chi connectivity index (χ1n) is 5.57. The van der Waals surface area contributed by atoms with Crippen molar-refractivity contribution in [1.29, 1.82) is 0 Å². The van der Waals surface area contributed by atoms with Gasteiger partial charge in [-0.3, -0.25) is 11.3 Å². The maximum Gasteiger partial charge on any atom is 0.162 e. The predicted molar refractivity (Wildman–Crippen MR) is 69.2 cm³/mol. The summed E-state index contributed by atoms with van der Waals surface area (Å²) in [6, 6.07) is 7.90. The Morgan fingerprint density at radius 1 is 1.28 bits per heavy atom. The molecule has 0 aliphatic rings. The summed E-state index contributed by atoms with van der Waals surface area (Å²) >= 11 is 1.59. The molecule has 2 rings (SSSR count). The van der Waals surface area contributed by atoms with E-state index in [-0.39, 0.29) is 6.04 Å². The molecule has 1 aromatic carbocycles. The molecule has 0 spiro atoms. The number of halogens is 2. The lowest BCUT2D eigenvalue weighted by Crippen LogP contribution is -2.29. The molecule has 1 aromatic heterocycles. The van der Waals surface area contributed by atoms with Crippen molar-refractivity contribution < 1.29 is 8.78 Å². The van der Waals surface area contributed by atoms with E-state index in [4.69, 9.17) is 5.84 Å². The molecular formula is C13H14F2N2S. The molecule has 2 nitrogen and oxygen atoms in total. The van der Waals surface area contributed by atoms with E-state index >= 15 is 0 Å². The van der Waals surface area contributed by atoms with Crippen LogP contribution in [0, 0.1) is 18.6 Å². The minimum atomic E-state index is -0.828. The van der Waals surface area contributed by atoms with Crippen molar-refractivity contribution in [2.24, 2.45) is 5.84 Å². The van der Waals surface area contributed by atoms with Gasteiger partial charge in [0.05, 0.1) is 6.04 Å². The van der Waals surface area contributed by atoms with Gasteiger partial charge in [0, 0.05) is 9.75 Å². The monoisotopic (exact) mass is 268 g/mol. The maximum atomic E-state index is 13.6. The Morgan fingerprint density at radius 3 is 2.67 bits per heavy atom. The van der Waals surface area contributed by atoms with Crippen LogP contribution < -0.4 is 11.3 Å². The molecule has 1 atom stereocenters. The number of aryl methyl sites for hydroxylation is 1. The van der Waals surface area contributed by atoms with E-state index in [0.717, 1.165) is 15.8 Å². The molecule has 0 amide bonds. The van der Waals surface area contributed by atoms with Crippen LogP contribution in [0.15, 0.2) is 30.3 Å². The SMILES string of the molecule is Cc1ccc(C(Cc2cccc(F)c2F)NN)s1. The first-order valence-corrected chi connectivity index (χ1v) is 6.39. The third-order valence-electron chi connectivity index (χ3n) is 2.76. The zero-order chi connectivity index (χ0) is 13.1. The molecule has 0 saturated heterocycles. The molecule has 0 saturated carbocycles. The van der Waals surface area contributed by atoms with Gasteiger partial charge >= 0.3 is 0 Å². The van der Waals surface area contributed by atoms with Crippen molar-refractivity contribution in [2.45, 2.75) is 19.4 Å². The highest BCUT2D eigenvalue weighted by atomic mass is 32.1. The Bertz CT molecular complexity index is 540. The van der Waals surface area contributed by atoms with Crippen LogP contribution in [0.5, 0.6) is 0 Å². The summed E-state index contributed by atoms with van der Waals surface area (Å²) in [6.07, 6.45) is 0.319. The van der Waals surface area contributed by atoms with Gasteiger partial charge < -0.3 is 0 Å². The highest BCUT2D eigenvalue weighted by Crippen LogP contribution is 2.26. The Labute approximate surface area is 108 Å². The summed E-state index contributed by atoms with van der Waals surface area (Å²) in [5, 5.41) is 0. The molecule has 96 valence electrons. The molecular weight excluding hydrogens is 254 g/mol. The van der Waals surface area contributed by atoms with Gasteiger partial charge in [-0.25, -0.2) is 8.78 Å². The lowest BCUT2D eigenvalue weighted by atomic mass is 10.0. The summed E-state index contributed by atoms with van der Waals surface area (Å²) < 4.78 is 26.7. The first-order chi connectivity index (χ1) is 8.61. The van der Waals surface area contributed by atoms with E-state index in [2.05, 4.69) is 5.43 Å². The van der Waals surface area contributed by atoms with Crippen molar-refractivity contribution in [3.63, 3.8) is 0 Å². The van der Waals surface area contributed by atoms with Crippen LogP contribution in [0.4, 0.5) is 8.78 Å². The normalized spacial score (nSPS) is 12.7. The van der Waals surface area contributed by atoms with E-state index in [9.17, 15) is 8.78 Å². The second kappa shape index (κ2) is 5.56. The number of hydrogen-bond acceptors (Lipinski definition) is 3. The van der Waals surface area contributed by atoms with Crippen molar-refractivity contribution in [3.8, 4) is 0 Å². The van der Waals surface area contributed by atoms with Gasteiger partial charge in [-0.05, 0) is 37.1 Å².